The van der Waals surface area contributed by atoms with Gasteiger partial charge < -0.3 is 15.2 Å². The van der Waals surface area contributed by atoms with Gasteiger partial charge in [0.15, 0.2) is 0 Å². The van der Waals surface area contributed by atoms with Gasteiger partial charge in [0.25, 0.3) is 0 Å². The van der Waals surface area contributed by atoms with Crippen LogP contribution < -0.4 is 10.1 Å². The Labute approximate surface area is 124 Å². The number of benzene rings is 1. The molecule has 2 rings (SSSR count). The molecule has 1 heterocycles. The molecule has 2 N–H and O–H groups in total. The maximum Gasteiger partial charge on any atom is 0.305 e. The van der Waals surface area contributed by atoms with Crippen LogP contribution in [-0.4, -0.2) is 29.1 Å². The lowest BCUT2D eigenvalue weighted by atomic mass is 9.93. The third-order valence-corrected chi connectivity index (χ3v) is 3.53. The molecule has 1 aromatic carbocycles. The first-order valence-electron chi connectivity index (χ1n) is 7.15. The van der Waals surface area contributed by atoms with Gasteiger partial charge in [-0.05, 0) is 43.9 Å². The van der Waals surface area contributed by atoms with E-state index < -0.39 is 5.97 Å². The van der Waals surface area contributed by atoms with E-state index in [1.54, 1.807) is 0 Å². The molecular formula is C16H21NO4. The summed E-state index contributed by atoms with van der Waals surface area (Å²) in [5.41, 5.74) is 1.91. The number of ether oxygens (including phenoxy) is 1. The predicted octanol–water partition coefficient (Wildman–Crippen LogP) is 1.92. The number of rotatable bonds is 5. The quantitative estimate of drug-likeness (QED) is 0.869. The highest BCUT2D eigenvalue weighted by Gasteiger charge is 2.26. The molecule has 5 heteroatoms. The summed E-state index contributed by atoms with van der Waals surface area (Å²) in [7, 11) is 0. The Balaban J connectivity index is 1.93. The molecule has 1 aliphatic heterocycles. The Hall–Kier alpha value is -2.04. The number of hydrogen-bond acceptors (Lipinski definition) is 3. The van der Waals surface area contributed by atoms with E-state index in [4.69, 9.17) is 9.84 Å². The van der Waals surface area contributed by atoms with E-state index >= 15 is 0 Å². The Morgan fingerprint density at radius 1 is 1.38 bits per heavy atom. The van der Waals surface area contributed by atoms with Gasteiger partial charge in [0.05, 0.1) is 12.8 Å². The highest BCUT2D eigenvalue weighted by Crippen LogP contribution is 2.33. The van der Waals surface area contributed by atoms with Crippen molar-refractivity contribution in [3.8, 4) is 5.75 Å². The topological polar surface area (TPSA) is 75.6 Å². The van der Waals surface area contributed by atoms with Gasteiger partial charge in [0, 0.05) is 6.54 Å². The van der Waals surface area contributed by atoms with Crippen LogP contribution in [0.4, 0.5) is 0 Å². The lowest BCUT2D eigenvalue weighted by Gasteiger charge is -2.32. The van der Waals surface area contributed by atoms with Crippen LogP contribution in [0.3, 0.4) is 0 Å². The van der Waals surface area contributed by atoms with Crippen LogP contribution in [0.25, 0.3) is 0 Å². The molecular weight excluding hydrogens is 270 g/mol. The third-order valence-electron chi connectivity index (χ3n) is 3.53. The lowest BCUT2D eigenvalue weighted by Crippen LogP contribution is -2.32. The molecule has 0 radical (unpaired) electrons. The second-order valence-electron chi connectivity index (χ2n) is 5.97. The number of nitrogens with one attached hydrogen (secondary N) is 1. The summed E-state index contributed by atoms with van der Waals surface area (Å²) in [5.74, 6) is -0.182. The van der Waals surface area contributed by atoms with Crippen LogP contribution >= 0.6 is 0 Å². The summed E-state index contributed by atoms with van der Waals surface area (Å²) in [6.07, 6.45) is 2.10. The fraction of sp³-hybridized carbons (Fsp3) is 0.500. The summed E-state index contributed by atoms with van der Waals surface area (Å²) in [5, 5.41) is 11.1. The van der Waals surface area contributed by atoms with Gasteiger partial charge in [0.2, 0.25) is 5.91 Å². The smallest absolute Gasteiger partial charge is 0.305 e. The van der Waals surface area contributed by atoms with Gasteiger partial charge in [-0.3, -0.25) is 9.59 Å². The minimum Gasteiger partial charge on any atom is -0.488 e. The van der Waals surface area contributed by atoms with Crippen LogP contribution in [0.2, 0.25) is 0 Å². The average Bonchev–Trinajstić information content (AvgIpc) is 2.38. The fourth-order valence-electron chi connectivity index (χ4n) is 2.38. The number of carbonyl (C=O) groups excluding carboxylic acids is 1. The minimum atomic E-state index is -0.913. The number of amides is 1. The molecule has 0 spiro atoms. The fourth-order valence-corrected chi connectivity index (χ4v) is 2.38. The van der Waals surface area contributed by atoms with E-state index in [1.165, 1.54) is 0 Å². The Morgan fingerprint density at radius 3 is 2.86 bits per heavy atom. The van der Waals surface area contributed by atoms with Gasteiger partial charge in [-0.2, -0.15) is 0 Å². The predicted molar refractivity (Wildman–Crippen MR) is 78.4 cm³/mol. The van der Waals surface area contributed by atoms with Crippen molar-refractivity contribution in [3.63, 3.8) is 0 Å². The Morgan fingerprint density at radius 2 is 2.14 bits per heavy atom. The summed E-state index contributed by atoms with van der Waals surface area (Å²) in [6.45, 7) is 4.30. The molecule has 0 aliphatic carbocycles. The summed E-state index contributed by atoms with van der Waals surface area (Å²) < 4.78 is 5.90. The van der Waals surface area contributed by atoms with Gasteiger partial charge >= 0.3 is 5.97 Å². The summed E-state index contributed by atoms with van der Waals surface area (Å²) >= 11 is 0. The van der Waals surface area contributed by atoms with E-state index in [-0.39, 0.29) is 30.9 Å². The molecule has 0 saturated heterocycles. The van der Waals surface area contributed by atoms with Gasteiger partial charge in [-0.25, -0.2) is 0 Å². The second-order valence-corrected chi connectivity index (χ2v) is 5.97. The zero-order valence-corrected chi connectivity index (χ0v) is 12.4. The molecule has 0 fully saturated rings. The molecule has 1 aromatic rings. The zero-order valence-electron chi connectivity index (χ0n) is 12.4. The van der Waals surface area contributed by atoms with Crippen LogP contribution in [0.15, 0.2) is 18.2 Å². The highest BCUT2D eigenvalue weighted by atomic mass is 16.5. The molecule has 0 unspecified atom stereocenters. The van der Waals surface area contributed by atoms with E-state index in [1.807, 2.05) is 18.2 Å². The summed E-state index contributed by atoms with van der Waals surface area (Å²) in [6, 6.07) is 5.80. The van der Waals surface area contributed by atoms with Crippen molar-refractivity contribution >= 4 is 11.9 Å². The molecule has 5 nitrogen and oxygen atoms in total. The van der Waals surface area contributed by atoms with Crippen molar-refractivity contribution in [3.05, 3.63) is 29.3 Å². The third kappa shape index (κ3) is 4.48. The van der Waals surface area contributed by atoms with Crippen molar-refractivity contribution in [2.45, 2.75) is 45.1 Å². The van der Waals surface area contributed by atoms with Gasteiger partial charge in [0.1, 0.15) is 11.4 Å². The van der Waals surface area contributed by atoms with Crippen LogP contribution in [-0.2, 0) is 22.4 Å². The molecule has 0 aromatic heterocycles. The standard InChI is InChI=1S/C16H21NO4/c1-16(2)7-5-12-9-11(3-4-13(12)21-16)10-14(18)17-8-6-15(19)20/h3-4,9H,5-8,10H2,1-2H3,(H,17,18)(H,19,20). The lowest BCUT2D eigenvalue weighted by molar-refractivity contribution is -0.136. The first-order chi connectivity index (χ1) is 9.85. The van der Waals surface area contributed by atoms with Crippen molar-refractivity contribution in [1.82, 2.24) is 5.32 Å². The van der Waals surface area contributed by atoms with E-state index in [9.17, 15) is 9.59 Å². The molecule has 21 heavy (non-hydrogen) atoms. The molecule has 1 aliphatic rings. The monoisotopic (exact) mass is 291 g/mol. The van der Waals surface area contributed by atoms with Crippen LogP contribution in [0.1, 0.15) is 37.8 Å². The second kappa shape index (κ2) is 6.16. The normalized spacial score (nSPS) is 15.7. The number of aliphatic carboxylic acids is 1. The maximum atomic E-state index is 11.7. The Kier molecular flexibility index (Phi) is 4.50. The van der Waals surface area contributed by atoms with Crippen LogP contribution in [0.5, 0.6) is 5.75 Å². The zero-order chi connectivity index (χ0) is 15.5. The van der Waals surface area contributed by atoms with E-state index in [2.05, 4.69) is 19.2 Å². The number of carbonyl (C=O) groups is 2. The summed E-state index contributed by atoms with van der Waals surface area (Å²) in [4.78, 5) is 22.1. The van der Waals surface area contributed by atoms with Crippen molar-refractivity contribution in [2.75, 3.05) is 6.54 Å². The SMILES string of the molecule is CC1(C)CCc2cc(CC(=O)NCCC(=O)O)ccc2O1. The molecule has 1 amide bonds. The van der Waals surface area contributed by atoms with Gasteiger partial charge in [-0.1, -0.05) is 12.1 Å². The van der Waals surface area contributed by atoms with Crippen molar-refractivity contribution in [1.29, 1.82) is 0 Å². The average molecular weight is 291 g/mol. The van der Waals surface area contributed by atoms with Crippen molar-refractivity contribution < 1.29 is 19.4 Å². The maximum absolute atomic E-state index is 11.7. The largest absolute Gasteiger partial charge is 0.488 e. The van der Waals surface area contributed by atoms with Crippen molar-refractivity contribution in [2.24, 2.45) is 0 Å². The molecule has 0 atom stereocenters. The molecule has 114 valence electrons. The molecule has 0 bridgehead atoms. The Bertz CT molecular complexity index is 551. The van der Waals surface area contributed by atoms with E-state index in [0.717, 1.165) is 29.7 Å². The van der Waals surface area contributed by atoms with Gasteiger partial charge in [-0.15, -0.1) is 0 Å². The number of hydrogen-bond donors (Lipinski definition) is 2. The molecule has 0 saturated carbocycles. The minimum absolute atomic E-state index is 0.0567. The highest BCUT2D eigenvalue weighted by molar-refractivity contribution is 5.79. The first kappa shape index (κ1) is 15.4. The number of carboxylic acid groups (broad SMARTS) is 1. The van der Waals surface area contributed by atoms with Crippen LogP contribution in [0, 0.1) is 0 Å². The van der Waals surface area contributed by atoms with E-state index in [0.29, 0.717) is 0 Å². The number of carboxylic acids is 1. The number of fused-ring (bicyclic) bond motifs is 1. The number of aryl methyl sites for hydroxylation is 1. The first-order valence-corrected chi connectivity index (χ1v) is 7.15.